The summed E-state index contributed by atoms with van der Waals surface area (Å²) < 4.78 is 13.2. The van der Waals surface area contributed by atoms with E-state index >= 15 is 0 Å². The molecule has 0 unspecified atom stereocenters. The molecule has 0 saturated carbocycles. The van der Waals surface area contributed by atoms with Gasteiger partial charge < -0.3 is 10.6 Å². The van der Waals surface area contributed by atoms with E-state index in [4.69, 9.17) is 0 Å². The Hall–Kier alpha value is -3.49. The van der Waals surface area contributed by atoms with Gasteiger partial charge in [0.2, 0.25) is 5.82 Å². The van der Waals surface area contributed by atoms with Gasteiger partial charge in [0.05, 0.1) is 16.6 Å². The van der Waals surface area contributed by atoms with Gasteiger partial charge in [0.1, 0.15) is 0 Å². The lowest BCUT2D eigenvalue weighted by Gasteiger charge is -2.08. The van der Waals surface area contributed by atoms with Crippen molar-refractivity contribution in [3.8, 4) is 0 Å². The molecule has 116 valence electrons. The van der Waals surface area contributed by atoms with Crippen LogP contribution in [0.3, 0.4) is 0 Å². The average molecular weight is 315 g/mol. The summed E-state index contributed by atoms with van der Waals surface area (Å²) in [7, 11) is 0. The number of carbonyl (C=O) groups is 1. The van der Waals surface area contributed by atoms with Gasteiger partial charge in [-0.15, -0.1) is 0 Å². The van der Waals surface area contributed by atoms with Crippen LogP contribution in [0.15, 0.2) is 42.6 Å². The number of aromatic amines is 1. The first-order valence-corrected chi connectivity index (χ1v) is 6.48. The molecule has 2 amide bonds. The van der Waals surface area contributed by atoms with Crippen LogP contribution < -0.4 is 10.6 Å². The summed E-state index contributed by atoms with van der Waals surface area (Å²) >= 11 is 0. The number of fused-ring (bicyclic) bond motifs is 1. The predicted octanol–water partition coefficient (Wildman–Crippen LogP) is 3.25. The van der Waals surface area contributed by atoms with Crippen molar-refractivity contribution in [2.45, 2.75) is 0 Å². The Kier molecular flexibility index (Phi) is 3.59. The summed E-state index contributed by atoms with van der Waals surface area (Å²) in [5.41, 5.74) is 0.663. The molecule has 0 atom stereocenters. The molecular formula is C14H10FN5O3. The fourth-order valence-electron chi connectivity index (χ4n) is 2.04. The molecule has 3 rings (SSSR count). The quantitative estimate of drug-likeness (QED) is 0.508. The van der Waals surface area contributed by atoms with Gasteiger partial charge in [0.25, 0.3) is 0 Å². The van der Waals surface area contributed by atoms with Crippen molar-refractivity contribution in [2.24, 2.45) is 0 Å². The van der Waals surface area contributed by atoms with E-state index < -0.39 is 22.5 Å². The van der Waals surface area contributed by atoms with E-state index in [2.05, 4.69) is 20.8 Å². The summed E-state index contributed by atoms with van der Waals surface area (Å²) in [5.74, 6) is -0.967. The van der Waals surface area contributed by atoms with E-state index in [1.54, 1.807) is 24.4 Å². The number of aromatic nitrogens is 2. The smallest absolute Gasteiger partial charge is 0.308 e. The Morgan fingerprint density at radius 3 is 2.61 bits per heavy atom. The second-order valence-corrected chi connectivity index (χ2v) is 4.67. The van der Waals surface area contributed by atoms with Crippen molar-refractivity contribution >= 4 is 34.0 Å². The molecular weight excluding hydrogens is 305 g/mol. The van der Waals surface area contributed by atoms with Crippen LogP contribution in [-0.4, -0.2) is 21.2 Å². The predicted molar refractivity (Wildman–Crippen MR) is 81.8 cm³/mol. The lowest BCUT2D eigenvalue weighted by atomic mass is 10.2. The van der Waals surface area contributed by atoms with Crippen molar-refractivity contribution in [3.05, 3.63) is 58.5 Å². The SMILES string of the molecule is O=C(Nc1ccc(F)c([N+](=O)[O-])c1)Nc1ccc2cn[nH]c2c1. The number of hydrogen-bond donors (Lipinski definition) is 3. The highest BCUT2D eigenvalue weighted by atomic mass is 19.1. The van der Waals surface area contributed by atoms with E-state index in [-0.39, 0.29) is 5.69 Å². The van der Waals surface area contributed by atoms with Crippen LogP contribution in [-0.2, 0) is 0 Å². The van der Waals surface area contributed by atoms with Crippen LogP contribution >= 0.6 is 0 Å². The van der Waals surface area contributed by atoms with Crippen molar-refractivity contribution < 1.29 is 14.1 Å². The molecule has 0 saturated heterocycles. The van der Waals surface area contributed by atoms with Crippen LogP contribution in [0.1, 0.15) is 0 Å². The van der Waals surface area contributed by atoms with Crippen LogP contribution in [0.5, 0.6) is 0 Å². The average Bonchev–Trinajstić information content (AvgIpc) is 2.96. The second-order valence-electron chi connectivity index (χ2n) is 4.67. The highest BCUT2D eigenvalue weighted by Crippen LogP contribution is 2.22. The summed E-state index contributed by atoms with van der Waals surface area (Å²) in [5, 5.41) is 23.2. The van der Waals surface area contributed by atoms with Gasteiger partial charge in [0.15, 0.2) is 0 Å². The van der Waals surface area contributed by atoms with Gasteiger partial charge in [-0.05, 0) is 30.3 Å². The van der Waals surface area contributed by atoms with Gasteiger partial charge in [-0.2, -0.15) is 9.49 Å². The first-order valence-electron chi connectivity index (χ1n) is 6.48. The summed E-state index contributed by atoms with van der Waals surface area (Å²) in [6.45, 7) is 0. The van der Waals surface area contributed by atoms with Gasteiger partial charge in [-0.1, -0.05) is 0 Å². The molecule has 0 radical (unpaired) electrons. The number of nitro groups is 1. The first-order chi connectivity index (χ1) is 11.0. The third kappa shape index (κ3) is 3.07. The molecule has 0 bridgehead atoms. The maximum Gasteiger partial charge on any atom is 0.323 e. The second kappa shape index (κ2) is 5.72. The zero-order chi connectivity index (χ0) is 16.4. The summed E-state index contributed by atoms with van der Waals surface area (Å²) in [4.78, 5) is 21.7. The number of nitrogens with zero attached hydrogens (tertiary/aromatic N) is 2. The van der Waals surface area contributed by atoms with Crippen LogP contribution in [0.2, 0.25) is 0 Å². The first kappa shape index (κ1) is 14.4. The Bertz CT molecular complexity index is 908. The van der Waals surface area contributed by atoms with Crippen molar-refractivity contribution in [1.29, 1.82) is 0 Å². The van der Waals surface area contributed by atoms with Crippen LogP contribution in [0.4, 0.5) is 26.2 Å². The lowest BCUT2D eigenvalue weighted by molar-refractivity contribution is -0.387. The van der Waals surface area contributed by atoms with E-state index in [0.29, 0.717) is 5.69 Å². The molecule has 3 aromatic rings. The van der Waals surface area contributed by atoms with E-state index in [1.165, 1.54) is 6.07 Å². The Balaban J connectivity index is 1.74. The van der Waals surface area contributed by atoms with E-state index in [0.717, 1.165) is 23.0 Å². The monoisotopic (exact) mass is 315 g/mol. The van der Waals surface area contributed by atoms with Crippen molar-refractivity contribution in [2.75, 3.05) is 10.6 Å². The number of H-pyrrole nitrogens is 1. The van der Waals surface area contributed by atoms with Crippen LogP contribution in [0, 0.1) is 15.9 Å². The maximum absolute atomic E-state index is 13.2. The number of anilines is 2. The molecule has 0 fully saturated rings. The standard InChI is InChI=1S/C14H10FN5O3/c15-11-4-3-10(6-13(11)20(22)23)18-14(21)17-9-2-1-8-7-16-19-12(8)5-9/h1-7H,(H,16,19)(H2,17,18,21). The molecule has 9 heteroatoms. The minimum absolute atomic E-state index is 0.109. The molecule has 0 spiro atoms. The summed E-state index contributed by atoms with van der Waals surface area (Å²) in [6, 6.07) is 7.65. The number of rotatable bonds is 3. The molecule has 23 heavy (non-hydrogen) atoms. The molecule has 1 heterocycles. The van der Waals surface area contributed by atoms with E-state index in [1.807, 2.05) is 0 Å². The minimum Gasteiger partial charge on any atom is -0.308 e. The van der Waals surface area contributed by atoms with Gasteiger partial charge >= 0.3 is 11.7 Å². The third-order valence-corrected chi connectivity index (χ3v) is 3.10. The number of nitro benzene ring substituents is 1. The van der Waals surface area contributed by atoms with Gasteiger partial charge in [-0.3, -0.25) is 15.2 Å². The van der Waals surface area contributed by atoms with Crippen molar-refractivity contribution in [3.63, 3.8) is 0 Å². The van der Waals surface area contributed by atoms with E-state index in [9.17, 15) is 19.3 Å². The minimum atomic E-state index is -0.967. The number of amides is 2. The Morgan fingerprint density at radius 1 is 1.17 bits per heavy atom. The van der Waals surface area contributed by atoms with Crippen molar-refractivity contribution in [1.82, 2.24) is 10.2 Å². The summed E-state index contributed by atoms with van der Waals surface area (Å²) in [6.07, 6.45) is 1.65. The zero-order valence-electron chi connectivity index (χ0n) is 11.5. The third-order valence-electron chi connectivity index (χ3n) is 3.10. The molecule has 0 aliphatic carbocycles. The molecule has 0 aliphatic rings. The molecule has 8 nitrogen and oxygen atoms in total. The number of nitrogens with one attached hydrogen (secondary N) is 3. The highest BCUT2D eigenvalue weighted by molar-refractivity contribution is 6.01. The van der Waals surface area contributed by atoms with Crippen LogP contribution in [0.25, 0.3) is 10.9 Å². The fraction of sp³-hybridized carbons (Fsp3) is 0. The normalized spacial score (nSPS) is 10.5. The highest BCUT2D eigenvalue weighted by Gasteiger charge is 2.15. The fourth-order valence-corrected chi connectivity index (χ4v) is 2.04. The maximum atomic E-state index is 13.2. The number of hydrogen-bond acceptors (Lipinski definition) is 4. The zero-order valence-corrected chi connectivity index (χ0v) is 11.5. The molecule has 3 N–H and O–H groups in total. The largest absolute Gasteiger partial charge is 0.323 e. The molecule has 0 aliphatic heterocycles. The lowest BCUT2D eigenvalue weighted by Crippen LogP contribution is -2.19. The molecule has 1 aromatic heterocycles. The van der Waals surface area contributed by atoms with Gasteiger partial charge in [-0.25, -0.2) is 4.79 Å². The topological polar surface area (TPSA) is 113 Å². The molecule has 2 aromatic carbocycles. The Morgan fingerprint density at radius 2 is 1.87 bits per heavy atom. The number of urea groups is 1. The number of carbonyl (C=O) groups excluding carboxylic acids is 1. The number of halogens is 1. The number of benzene rings is 2. The Labute approximate surface area is 128 Å². The van der Waals surface area contributed by atoms with Gasteiger partial charge in [0, 0.05) is 22.8 Å².